The number of piperidine rings is 1. The van der Waals surface area contributed by atoms with Gasteiger partial charge in [0.2, 0.25) is 0 Å². The summed E-state index contributed by atoms with van der Waals surface area (Å²) < 4.78 is 0. The second-order valence-electron chi connectivity index (χ2n) is 3.80. The van der Waals surface area contributed by atoms with Crippen LogP contribution < -0.4 is 5.32 Å². The van der Waals surface area contributed by atoms with Gasteiger partial charge in [-0.3, -0.25) is 0 Å². The molecule has 0 radical (unpaired) electrons. The van der Waals surface area contributed by atoms with Gasteiger partial charge in [0.15, 0.2) is 0 Å². The van der Waals surface area contributed by atoms with E-state index >= 15 is 0 Å². The van der Waals surface area contributed by atoms with Gasteiger partial charge in [-0.2, -0.15) is 0 Å². The van der Waals surface area contributed by atoms with Gasteiger partial charge in [-0.1, -0.05) is 6.42 Å². The molecule has 0 aromatic rings. The highest BCUT2D eigenvalue weighted by Gasteiger charge is 2.19. The van der Waals surface area contributed by atoms with Crippen LogP contribution in [0.3, 0.4) is 0 Å². The zero-order valence-electron chi connectivity index (χ0n) is 7.18. The lowest BCUT2D eigenvalue weighted by Crippen LogP contribution is -2.48. The van der Waals surface area contributed by atoms with Crippen LogP contribution in [0.2, 0.25) is 0 Å². The predicted octanol–water partition coefficient (Wildman–Crippen LogP) is 0.834. The molecule has 2 saturated heterocycles. The summed E-state index contributed by atoms with van der Waals surface area (Å²) in [6, 6.07) is 0.809. The normalized spacial score (nSPS) is 33.3. The molecule has 2 heterocycles. The summed E-state index contributed by atoms with van der Waals surface area (Å²) >= 11 is 0. The van der Waals surface area contributed by atoms with Crippen molar-refractivity contribution in [1.82, 2.24) is 10.2 Å². The first-order valence-corrected chi connectivity index (χ1v) is 4.91. The van der Waals surface area contributed by atoms with Crippen LogP contribution in [0, 0.1) is 0 Å². The Morgan fingerprint density at radius 2 is 2.09 bits per heavy atom. The van der Waals surface area contributed by atoms with E-state index < -0.39 is 0 Å². The average Bonchev–Trinajstić information content (AvgIpc) is 1.99. The molecular weight excluding hydrogens is 136 g/mol. The Balaban J connectivity index is 1.67. The van der Waals surface area contributed by atoms with E-state index in [-0.39, 0.29) is 0 Å². The van der Waals surface area contributed by atoms with E-state index in [0.717, 1.165) is 6.04 Å². The summed E-state index contributed by atoms with van der Waals surface area (Å²) in [5.41, 5.74) is 0. The smallest absolute Gasteiger partial charge is 0.0195 e. The van der Waals surface area contributed by atoms with E-state index in [9.17, 15) is 0 Å². The zero-order chi connectivity index (χ0) is 7.52. The van der Waals surface area contributed by atoms with Gasteiger partial charge in [0.25, 0.3) is 0 Å². The number of nitrogens with zero attached hydrogens (tertiary/aromatic N) is 1. The molecule has 2 heteroatoms. The van der Waals surface area contributed by atoms with Crippen molar-refractivity contribution in [3.05, 3.63) is 0 Å². The maximum absolute atomic E-state index is 3.58. The highest BCUT2D eigenvalue weighted by Crippen LogP contribution is 2.12. The highest BCUT2D eigenvalue weighted by atomic mass is 15.2. The maximum Gasteiger partial charge on any atom is 0.0195 e. The van der Waals surface area contributed by atoms with Crippen LogP contribution in [-0.4, -0.2) is 37.1 Å². The number of hydrogen-bond acceptors (Lipinski definition) is 2. The summed E-state index contributed by atoms with van der Waals surface area (Å²) in [5, 5.41) is 3.58. The third-order valence-electron chi connectivity index (χ3n) is 2.84. The molecule has 0 saturated carbocycles. The van der Waals surface area contributed by atoms with Gasteiger partial charge in [0.1, 0.15) is 0 Å². The lowest BCUT2D eigenvalue weighted by atomic mass is 10.0. The molecule has 0 aromatic carbocycles. The quantitative estimate of drug-likeness (QED) is 0.634. The molecule has 1 N–H and O–H groups in total. The Morgan fingerprint density at radius 1 is 1.18 bits per heavy atom. The fourth-order valence-electron chi connectivity index (χ4n) is 1.96. The molecule has 64 valence electrons. The monoisotopic (exact) mass is 154 g/mol. The summed E-state index contributed by atoms with van der Waals surface area (Å²) in [4.78, 5) is 2.56. The van der Waals surface area contributed by atoms with Gasteiger partial charge in [0, 0.05) is 12.6 Å². The molecule has 0 amide bonds. The van der Waals surface area contributed by atoms with Crippen molar-refractivity contribution in [3.63, 3.8) is 0 Å². The summed E-state index contributed by atoms with van der Waals surface area (Å²) in [6.45, 7) is 5.24. The molecule has 2 nitrogen and oxygen atoms in total. The second-order valence-corrected chi connectivity index (χ2v) is 3.80. The van der Waals surface area contributed by atoms with Gasteiger partial charge in [0.05, 0.1) is 0 Å². The number of rotatable bonds is 2. The standard InChI is InChI=1S/C9H18N2/c1-2-5-10-9(4-1)8-11-6-3-7-11/h9-10H,1-8H2/t9-/m1/s1. The van der Waals surface area contributed by atoms with E-state index in [1.165, 1.54) is 51.9 Å². The van der Waals surface area contributed by atoms with Crippen LogP contribution in [0.1, 0.15) is 25.7 Å². The molecule has 0 unspecified atom stereocenters. The first-order chi connectivity index (χ1) is 5.45. The van der Waals surface area contributed by atoms with E-state index in [0.29, 0.717) is 0 Å². The lowest BCUT2D eigenvalue weighted by Gasteiger charge is -2.35. The maximum atomic E-state index is 3.58. The van der Waals surface area contributed by atoms with Crippen molar-refractivity contribution in [2.45, 2.75) is 31.7 Å². The van der Waals surface area contributed by atoms with E-state index in [1.807, 2.05) is 0 Å². The minimum Gasteiger partial charge on any atom is -0.313 e. The Labute approximate surface area is 69.0 Å². The predicted molar refractivity (Wildman–Crippen MR) is 46.7 cm³/mol. The van der Waals surface area contributed by atoms with Crippen molar-refractivity contribution in [1.29, 1.82) is 0 Å². The van der Waals surface area contributed by atoms with Crippen LogP contribution in [0.4, 0.5) is 0 Å². The highest BCUT2D eigenvalue weighted by molar-refractivity contribution is 4.79. The van der Waals surface area contributed by atoms with Crippen molar-refractivity contribution in [3.8, 4) is 0 Å². The van der Waals surface area contributed by atoms with Crippen molar-refractivity contribution in [2.24, 2.45) is 0 Å². The van der Waals surface area contributed by atoms with Crippen LogP contribution in [0.15, 0.2) is 0 Å². The summed E-state index contributed by atoms with van der Waals surface area (Å²) in [5.74, 6) is 0. The average molecular weight is 154 g/mol. The molecule has 2 aliphatic rings. The lowest BCUT2D eigenvalue weighted by molar-refractivity contribution is 0.152. The van der Waals surface area contributed by atoms with E-state index in [1.54, 1.807) is 0 Å². The van der Waals surface area contributed by atoms with Crippen molar-refractivity contribution >= 4 is 0 Å². The fourth-order valence-corrected chi connectivity index (χ4v) is 1.96. The Morgan fingerprint density at radius 3 is 2.64 bits per heavy atom. The summed E-state index contributed by atoms with van der Waals surface area (Å²) in [7, 11) is 0. The molecule has 1 atom stereocenters. The first kappa shape index (κ1) is 7.56. The Bertz CT molecular complexity index is 115. The van der Waals surface area contributed by atoms with Gasteiger partial charge in [-0.05, 0) is 38.9 Å². The van der Waals surface area contributed by atoms with Crippen LogP contribution >= 0.6 is 0 Å². The number of hydrogen-bond donors (Lipinski definition) is 1. The van der Waals surface area contributed by atoms with Gasteiger partial charge in [-0.15, -0.1) is 0 Å². The van der Waals surface area contributed by atoms with Crippen molar-refractivity contribution < 1.29 is 0 Å². The Hall–Kier alpha value is -0.0800. The molecule has 2 aliphatic heterocycles. The zero-order valence-corrected chi connectivity index (χ0v) is 7.18. The molecule has 2 fully saturated rings. The first-order valence-electron chi connectivity index (χ1n) is 4.91. The molecule has 2 rings (SSSR count). The van der Waals surface area contributed by atoms with Crippen LogP contribution in [0.5, 0.6) is 0 Å². The third-order valence-corrected chi connectivity index (χ3v) is 2.84. The number of nitrogens with one attached hydrogen (secondary N) is 1. The van der Waals surface area contributed by atoms with Gasteiger partial charge in [-0.25, -0.2) is 0 Å². The number of likely N-dealkylation sites (tertiary alicyclic amines) is 1. The summed E-state index contributed by atoms with van der Waals surface area (Å²) in [6.07, 6.45) is 5.64. The molecular formula is C9H18N2. The minimum absolute atomic E-state index is 0.809. The topological polar surface area (TPSA) is 15.3 Å². The molecule has 0 bridgehead atoms. The minimum atomic E-state index is 0.809. The largest absolute Gasteiger partial charge is 0.313 e. The SMILES string of the molecule is C1CC[C@H](CN2CCC2)NC1. The van der Waals surface area contributed by atoms with Crippen molar-refractivity contribution in [2.75, 3.05) is 26.2 Å². The second kappa shape index (κ2) is 3.55. The fraction of sp³-hybridized carbons (Fsp3) is 1.00. The molecule has 0 spiro atoms. The third kappa shape index (κ3) is 1.94. The molecule has 0 aromatic heterocycles. The molecule has 0 aliphatic carbocycles. The Kier molecular flexibility index (Phi) is 2.44. The molecule has 11 heavy (non-hydrogen) atoms. The van der Waals surface area contributed by atoms with Gasteiger partial charge < -0.3 is 10.2 Å². The van der Waals surface area contributed by atoms with Crippen LogP contribution in [-0.2, 0) is 0 Å². The van der Waals surface area contributed by atoms with Gasteiger partial charge >= 0.3 is 0 Å². The van der Waals surface area contributed by atoms with Crippen LogP contribution in [0.25, 0.3) is 0 Å². The van der Waals surface area contributed by atoms with E-state index in [4.69, 9.17) is 0 Å². The van der Waals surface area contributed by atoms with E-state index in [2.05, 4.69) is 10.2 Å².